The van der Waals surface area contributed by atoms with Crippen molar-refractivity contribution in [3.63, 3.8) is 0 Å². The lowest BCUT2D eigenvalue weighted by atomic mass is 10.2. The van der Waals surface area contributed by atoms with Crippen LogP contribution in [0.1, 0.15) is 5.56 Å². The van der Waals surface area contributed by atoms with Crippen molar-refractivity contribution in [2.45, 2.75) is 6.92 Å². The van der Waals surface area contributed by atoms with Crippen molar-refractivity contribution in [1.82, 2.24) is 0 Å². The second-order valence-corrected chi connectivity index (χ2v) is 3.40. The Morgan fingerprint density at radius 3 is 2.83 bits per heavy atom. The van der Waals surface area contributed by atoms with E-state index in [1.807, 2.05) is 25.1 Å². The molecule has 2 N–H and O–H groups in total. The average Bonchev–Trinajstić information content (AvgIpc) is 2.07. The van der Waals surface area contributed by atoms with Gasteiger partial charge in [0.2, 0.25) is 0 Å². The van der Waals surface area contributed by atoms with Gasteiger partial charge in [-0.25, -0.2) is 0 Å². The lowest BCUT2D eigenvalue weighted by molar-refractivity contribution is 0.328. The van der Waals surface area contributed by atoms with Gasteiger partial charge in [0.05, 0.1) is 0 Å². The molecule has 0 amide bonds. The summed E-state index contributed by atoms with van der Waals surface area (Å²) in [5.41, 5.74) is 6.48. The smallest absolute Gasteiger partial charge is 0.119 e. The number of rotatable bonds is 3. The van der Waals surface area contributed by atoms with Gasteiger partial charge in [0, 0.05) is 11.0 Å². The first-order chi connectivity index (χ1) is 5.74. The highest BCUT2D eigenvalue weighted by Gasteiger charge is 1.96. The molecule has 0 saturated carbocycles. The van der Waals surface area contributed by atoms with Gasteiger partial charge >= 0.3 is 0 Å². The highest BCUT2D eigenvalue weighted by molar-refractivity contribution is 9.10. The summed E-state index contributed by atoms with van der Waals surface area (Å²) in [6.45, 7) is 3.15. The Kier molecular flexibility index (Phi) is 3.56. The van der Waals surface area contributed by atoms with E-state index in [0.29, 0.717) is 13.2 Å². The predicted octanol–water partition coefficient (Wildman–Crippen LogP) is 2.10. The maximum Gasteiger partial charge on any atom is 0.119 e. The first-order valence-electron chi connectivity index (χ1n) is 3.83. The van der Waals surface area contributed by atoms with E-state index < -0.39 is 0 Å². The van der Waals surface area contributed by atoms with Crippen LogP contribution >= 0.6 is 15.9 Å². The van der Waals surface area contributed by atoms with Crippen molar-refractivity contribution in [3.05, 3.63) is 28.2 Å². The molecule has 0 spiro atoms. The SMILES string of the molecule is Cc1cc(OCCN)ccc1Br. The van der Waals surface area contributed by atoms with Crippen molar-refractivity contribution in [2.24, 2.45) is 5.73 Å². The van der Waals surface area contributed by atoms with Gasteiger partial charge in [0.1, 0.15) is 12.4 Å². The third kappa shape index (κ3) is 2.50. The Morgan fingerprint density at radius 1 is 1.50 bits per heavy atom. The van der Waals surface area contributed by atoms with E-state index in [1.54, 1.807) is 0 Å². The minimum atomic E-state index is 0.551. The van der Waals surface area contributed by atoms with E-state index in [2.05, 4.69) is 15.9 Å². The van der Waals surface area contributed by atoms with Gasteiger partial charge in [-0.1, -0.05) is 15.9 Å². The van der Waals surface area contributed by atoms with Crippen LogP contribution in [0.4, 0.5) is 0 Å². The molecule has 0 atom stereocenters. The summed E-state index contributed by atoms with van der Waals surface area (Å²) in [5.74, 6) is 0.876. The molecule has 0 aliphatic heterocycles. The number of ether oxygens (including phenoxy) is 1. The number of halogens is 1. The van der Waals surface area contributed by atoms with E-state index in [9.17, 15) is 0 Å². The summed E-state index contributed by atoms with van der Waals surface area (Å²) in [6.07, 6.45) is 0. The highest BCUT2D eigenvalue weighted by Crippen LogP contribution is 2.21. The number of hydrogen-bond acceptors (Lipinski definition) is 2. The summed E-state index contributed by atoms with van der Waals surface area (Å²) in [4.78, 5) is 0. The van der Waals surface area contributed by atoms with Crippen LogP contribution in [0.25, 0.3) is 0 Å². The summed E-state index contributed by atoms with van der Waals surface area (Å²) < 4.78 is 6.44. The lowest BCUT2D eigenvalue weighted by Crippen LogP contribution is -2.10. The first kappa shape index (κ1) is 9.55. The fraction of sp³-hybridized carbons (Fsp3) is 0.333. The van der Waals surface area contributed by atoms with Crippen molar-refractivity contribution in [3.8, 4) is 5.75 Å². The molecule has 0 heterocycles. The number of nitrogens with two attached hydrogens (primary N) is 1. The molecule has 2 nitrogen and oxygen atoms in total. The van der Waals surface area contributed by atoms with Gasteiger partial charge in [-0.2, -0.15) is 0 Å². The van der Waals surface area contributed by atoms with E-state index in [1.165, 1.54) is 5.56 Å². The first-order valence-corrected chi connectivity index (χ1v) is 4.62. The molecule has 0 radical (unpaired) electrons. The highest BCUT2D eigenvalue weighted by atomic mass is 79.9. The van der Waals surface area contributed by atoms with Crippen LogP contribution < -0.4 is 10.5 Å². The van der Waals surface area contributed by atoms with Gasteiger partial charge in [-0.05, 0) is 30.7 Å². The van der Waals surface area contributed by atoms with Crippen LogP contribution in [-0.4, -0.2) is 13.2 Å². The van der Waals surface area contributed by atoms with Crippen molar-refractivity contribution < 1.29 is 4.74 Å². The molecule has 0 saturated heterocycles. The molecular formula is C9H12BrNO. The molecule has 0 aromatic heterocycles. The van der Waals surface area contributed by atoms with Crippen molar-refractivity contribution in [2.75, 3.05) is 13.2 Å². The summed E-state index contributed by atoms with van der Waals surface area (Å²) >= 11 is 3.42. The summed E-state index contributed by atoms with van der Waals surface area (Å²) in [7, 11) is 0. The van der Waals surface area contributed by atoms with Crippen LogP contribution in [0.15, 0.2) is 22.7 Å². The van der Waals surface area contributed by atoms with Crippen LogP contribution in [-0.2, 0) is 0 Å². The van der Waals surface area contributed by atoms with Gasteiger partial charge in [-0.3, -0.25) is 0 Å². The molecule has 1 aromatic carbocycles. The molecule has 1 rings (SSSR count). The molecule has 0 aliphatic rings. The van der Waals surface area contributed by atoms with Crippen LogP contribution in [0.3, 0.4) is 0 Å². The topological polar surface area (TPSA) is 35.2 Å². The Labute approximate surface area is 80.8 Å². The Morgan fingerprint density at radius 2 is 2.25 bits per heavy atom. The summed E-state index contributed by atoms with van der Waals surface area (Å²) in [6, 6.07) is 5.88. The molecule has 12 heavy (non-hydrogen) atoms. The maximum absolute atomic E-state index is 5.35. The zero-order chi connectivity index (χ0) is 8.97. The largest absolute Gasteiger partial charge is 0.492 e. The Hall–Kier alpha value is -0.540. The van der Waals surface area contributed by atoms with Gasteiger partial charge in [0.25, 0.3) is 0 Å². The summed E-state index contributed by atoms with van der Waals surface area (Å²) in [5, 5.41) is 0. The third-order valence-electron chi connectivity index (χ3n) is 1.52. The molecule has 66 valence electrons. The standard InChI is InChI=1S/C9H12BrNO/c1-7-6-8(12-5-4-11)2-3-9(7)10/h2-3,6H,4-5,11H2,1H3. The Balaban J connectivity index is 2.69. The molecule has 0 aliphatic carbocycles. The van der Waals surface area contributed by atoms with Crippen LogP contribution in [0, 0.1) is 6.92 Å². The van der Waals surface area contributed by atoms with Crippen LogP contribution in [0.5, 0.6) is 5.75 Å². The Bertz CT molecular complexity index is 263. The van der Waals surface area contributed by atoms with Crippen molar-refractivity contribution in [1.29, 1.82) is 0 Å². The molecular weight excluding hydrogens is 218 g/mol. The normalized spacial score (nSPS) is 9.92. The second kappa shape index (κ2) is 4.48. The predicted molar refractivity (Wildman–Crippen MR) is 53.4 cm³/mol. The molecule has 0 bridgehead atoms. The molecule has 3 heteroatoms. The van der Waals surface area contributed by atoms with Gasteiger partial charge in [0.15, 0.2) is 0 Å². The van der Waals surface area contributed by atoms with E-state index >= 15 is 0 Å². The zero-order valence-electron chi connectivity index (χ0n) is 7.01. The van der Waals surface area contributed by atoms with E-state index in [0.717, 1.165) is 10.2 Å². The maximum atomic E-state index is 5.35. The lowest BCUT2D eigenvalue weighted by Gasteiger charge is -2.05. The van der Waals surface area contributed by atoms with Crippen molar-refractivity contribution >= 4 is 15.9 Å². The zero-order valence-corrected chi connectivity index (χ0v) is 8.60. The van der Waals surface area contributed by atoms with Gasteiger partial charge in [-0.15, -0.1) is 0 Å². The van der Waals surface area contributed by atoms with E-state index in [4.69, 9.17) is 10.5 Å². The molecule has 0 unspecified atom stereocenters. The fourth-order valence-corrected chi connectivity index (χ4v) is 1.13. The number of benzene rings is 1. The minimum Gasteiger partial charge on any atom is -0.492 e. The van der Waals surface area contributed by atoms with Gasteiger partial charge < -0.3 is 10.5 Å². The number of aryl methyl sites for hydroxylation is 1. The minimum absolute atomic E-state index is 0.551. The van der Waals surface area contributed by atoms with E-state index in [-0.39, 0.29) is 0 Å². The molecule has 0 fully saturated rings. The third-order valence-corrected chi connectivity index (χ3v) is 2.41. The number of hydrogen-bond donors (Lipinski definition) is 1. The monoisotopic (exact) mass is 229 g/mol. The quantitative estimate of drug-likeness (QED) is 0.862. The fourth-order valence-electron chi connectivity index (χ4n) is 0.884. The molecule has 1 aromatic rings. The van der Waals surface area contributed by atoms with Crippen LogP contribution in [0.2, 0.25) is 0 Å². The second-order valence-electron chi connectivity index (χ2n) is 2.55. The average molecular weight is 230 g/mol.